The van der Waals surface area contributed by atoms with Crippen LogP contribution in [0.1, 0.15) is 46.0 Å². The highest BCUT2D eigenvalue weighted by molar-refractivity contribution is 4.83. The van der Waals surface area contributed by atoms with E-state index in [0.717, 1.165) is 38.8 Å². The molecule has 4 heteroatoms. The average molecular weight is 298 g/mol. The molecule has 0 aromatic heterocycles. The minimum Gasteiger partial charge on any atom is -0.381 e. The highest BCUT2D eigenvalue weighted by Crippen LogP contribution is 2.21. The van der Waals surface area contributed by atoms with Gasteiger partial charge in [-0.3, -0.25) is 4.90 Å². The zero-order valence-corrected chi connectivity index (χ0v) is 14.1. The van der Waals surface area contributed by atoms with Crippen molar-refractivity contribution < 1.29 is 9.47 Å². The zero-order valence-electron chi connectivity index (χ0n) is 14.1. The van der Waals surface area contributed by atoms with E-state index in [-0.39, 0.29) is 0 Å². The van der Waals surface area contributed by atoms with Gasteiger partial charge in [0.2, 0.25) is 0 Å². The first-order valence-corrected chi connectivity index (χ1v) is 8.77. The number of nitrogens with one attached hydrogen (secondary N) is 1. The van der Waals surface area contributed by atoms with Gasteiger partial charge in [0.25, 0.3) is 0 Å². The lowest BCUT2D eigenvalue weighted by molar-refractivity contribution is 0.0100. The second kappa shape index (κ2) is 9.09. The van der Waals surface area contributed by atoms with Gasteiger partial charge < -0.3 is 14.8 Å². The van der Waals surface area contributed by atoms with Gasteiger partial charge in [-0.05, 0) is 38.0 Å². The Bertz CT molecular complexity index is 280. The standard InChI is InChI=1S/C17H34N2O2/c1-14(2)11-16(19-7-9-21-10-8-19)13-18-15-5-4-6-17(12-15)20-3/h14-18H,4-13H2,1-3H3. The van der Waals surface area contributed by atoms with E-state index in [2.05, 4.69) is 24.1 Å². The minimum absolute atomic E-state index is 0.461. The smallest absolute Gasteiger partial charge is 0.0594 e. The summed E-state index contributed by atoms with van der Waals surface area (Å²) in [6.45, 7) is 9.73. The molecule has 1 aliphatic heterocycles. The van der Waals surface area contributed by atoms with Crippen LogP contribution in [0.3, 0.4) is 0 Å². The van der Waals surface area contributed by atoms with Gasteiger partial charge in [-0.25, -0.2) is 0 Å². The summed E-state index contributed by atoms with van der Waals surface area (Å²) in [4.78, 5) is 2.62. The third-order valence-corrected chi connectivity index (χ3v) is 4.91. The molecule has 4 nitrogen and oxygen atoms in total. The summed E-state index contributed by atoms with van der Waals surface area (Å²) < 4.78 is 11.0. The van der Waals surface area contributed by atoms with E-state index in [9.17, 15) is 0 Å². The maximum atomic E-state index is 5.54. The van der Waals surface area contributed by atoms with Crippen molar-refractivity contribution in [3.05, 3.63) is 0 Å². The summed E-state index contributed by atoms with van der Waals surface area (Å²) in [5.41, 5.74) is 0. The first kappa shape index (κ1) is 17.2. The van der Waals surface area contributed by atoms with Gasteiger partial charge in [0.1, 0.15) is 0 Å². The predicted octanol–water partition coefficient (Wildman–Crippen LogP) is 2.28. The van der Waals surface area contributed by atoms with Gasteiger partial charge in [-0.1, -0.05) is 13.8 Å². The van der Waals surface area contributed by atoms with E-state index in [0.29, 0.717) is 18.2 Å². The number of hydrogen-bond acceptors (Lipinski definition) is 4. The Balaban J connectivity index is 1.80. The van der Waals surface area contributed by atoms with Crippen molar-refractivity contribution >= 4 is 0 Å². The molecule has 0 spiro atoms. The van der Waals surface area contributed by atoms with Crippen molar-refractivity contribution in [1.29, 1.82) is 0 Å². The molecule has 2 aliphatic rings. The number of morpholine rings is 1. The number of nitrogens with zero attached hydrogens (tertiary/aromatic N) is 1. The lowest BCUT2D eigenvalue weighted by Crippen LogP contribution is -2.50. The monoisotopic (exact) mass is 298 g/mol. The van der Waals surface area contributed by atoms with E-state index < -0.39 is 0 Å². The third-order valence-electron chi connectivity index (χ3n) is 4.91. The molecular formula is C17H34N2O2. The molecule has 1 saturated carbocycles. The summed E-state index contributed by atoms with van der Waals surface area (Å²) in [6.07, 6.45) is 6.73. The van der Waals surface area contributed by atoms with Crippen LogP contribution in [0.4, 0.5) is 0 Å². The fourth-order valence-corrected chi connectivity index (χ4v) is 3.70. The van der Waals surface area contributed by atoms with Crippen LogP contribution in [-0.2, 0) is 9.47 Å². The topological polar surface area (TPSA) is 33.7 Å². The molecule has 21 heavy (non-hydrogen) atoms. The summed E-state index contributed by atoms with van der Waals surface area (Å²) in [7, 11) is 1.85. The van der Waals surface area contributed by atoms with E-state index in [1.807, 2.05) is 7.11 Å². The fourth-order valence-electron chi connectivity index (χ4n) is 3.70. The number of rotatable bonds is 7. The molecule has 0 amide bonds. The molecule has 0 aromatic carbocycles. The highest BCUT2D eigenvalue weighted by atomic mass is 16.5. The molecule has 2 fully saturated rings. The van der Waals surface area contributed by atoms with Crippen LogP contribution in [0.2, 0.25) is 0 Å². The Hall–Kier alpha value is -0.160. The van der Waals surface area contributed by atoms with Crippen molar-refractivity contribution in [1.82, 2.24) is 10.2 Å². The van der Waals surface area contributed by atoms with Crippen molar-refractivity contribution in [3.63, 3.8) is 0 Å². The number of methoxy groups -OCH3 is 1. The second-order valence-corrected chi connectivity index (χ2v) is 7.06. The average Bonchev–Trinajstić information content (AvgIpc) is 2.52. The maximum Gasteiger partial charge on any atom is 0.0594 e. The molecular weight excluding hydrogens is 264 g/mol. The minimum atomic E-state index is 0.461. The largest absolute Gasteiger partial charge is 0.381 e. The summed E-state index contributed by atoms with van der Waals surface area (Å²) >= 11 is 0. The SMILES string of the molecule is COC1CCCC(NCC(CC(C)C)N2CCOCC2)C1. The van der Waals surface area contributed by atoms with Crippen LogP contribution >= 0.6 is 0 Å². The molecule has 0 bridgehead atoms. The lowest BCUT2D eigenvalue weighted by atomic mass is 9.92. The Morgan fingerprint density at radius 2 is 2.00 bits per heavy atom. The predicted molar refractivity (Wildman–Crippen MR) is 86.7 cm³/mol. The van der Waals surface area contributed by atoms with E-state index in [4.69, 9.17) is 9.47 Å². The van der Waals surface area contributed by atoms with Crippen molar-refractivity contribution in [2.24, 2.45) is 5.92 Å². The molecule has 3 unspecified atom stereocenters. The molecule has 0 radical (unpaired) electrons. The molecule has 1 heterocycles. The molecule has 1 aliphatic carbocycles. The van der Waals surface area contributed by atoms with E-state index >= 15 is 0 Å². The first-order valence-electron chi connectivity index (χ1n) is 8.77. The molecule has 0 aromatic rings. The van der Waals surface area contributed by atoms with Crippen LogP contribution in [0.5, 0.6) is 0 Å². The Kier molecular flexibility index (Phi) is 7.44. The van der Waals surface area contributed by atoms with Gasteiger partial charge in [0.05, 0.1) is 19.3 Å². The van der Waals surface area contributed by atoms with Gasteiger partial charge in [-0.2, -0.15) is 0 Å². The zero-order chi connectivity index (χ0) is 15.1. The summed E-state index contributed by atoms with van der Waals surface area (Å²) in [5, 5.41) is 3.83. The Morgan fingerprint density at radius 1 is 1.24 bits per heavy atom. The number of ether oxygens (including phenoxy) is 2. The van der Waals surface area contributed by atoms with Gasteiger partial charge in [0.15, 0.2) is 0 Å². The van der Waals surface area contributed by atoms with E-state index in [1.165, 1.54) is 32.1 Å². The molecule has 1 saturated heterocycles. The second-order valence-electron chi connectivity index (χ2n) is 7.06. The number of hydrogen-bond donors (Lipinski definition) is 1. The van der Waals surface area contributed by atoms with Crippen LogP contribution in [0.15, 0.2) is 0 Å². The van der Waals surface area contributed by atoms with Crippen molar-refractivity contribution in [2.45, 2.75) is 64.1 Å². The molecule has 124 valence electrons. The van der Waals surface area contributed by atoms with Crippen LogP contribution in [0, 0.1) is 5.92 Å². The lowest BCUT2D eigenvalue weighted by Gasteiger charge is -2.37. The van der Waals surface area contributed by atoms with Crippen molar-refractivity contribution in [2.75, 3.05) is 40.0 Å². The Labute approximate surface area is 130 Å². The molecule has 1 N–H and O–H groups in total. The van der Waals surface area contributed by atoms with E-state index in [1.54, 1.807) is 0 Å². The van der Waals surface area contributed by atoms with Gasteiger partial charge >= 0.3 is 0 Å². The molecule has 2 rings (SSSR count). The quantitative estimate of drug-likeness (QED) is 0.782. The van der Waals surface area contributed by atoms with Crippen LogP contribution in [-0.4, -0.2) is 63.0 Å². The normalized spacial score (nSPS) is 29.7. The van der Waals surface area contributed by atoms with Crippen molar-refractivity contribution in [3.8, 4) is 0 Å². The third kappa shape index (κ3) is 5.85. The van der Waals surface area contributed by atoms with Crippen LogP contribution < -0.4 is 5.32 Å². The first-order chi connectivity index (χ1) is 10.2. The maximum absolute atomic E-state index is 5.54. The van der Waals surface area contributed by atoms with Crippen LogP contribution in [0.25, 0.3) is 0 Å². The summed E-state index contributed by atoms with van der Waals surface area (Å²) in [5.74, 6) is 0.748. The fraction of sp³-hybridized carbons (Fsp3) is 1.00. The van der Waals surface area contributed by atoms with Gasteiger partial charge in [-0.15, -0.1) is 0 Å². The highest BCUT2D eigenvalue weighted by Gasteiger charge is 2.25. The summed E-state index contributed by atoms with van der Waals surface area (Å²) in [6, 6.07) is 1.29. The molecule has 3 atom stereocenters. The Morgan fingerprint density at radius 3 is 2.67 bits per heavy atom. The van der Waals surface area contributed by atoms with Gasteiger partial charge in [0, 0.05) is 38.8 Å².